The van der Waals surface area contributed by atoms with Crippen molar-refractivity contribution in [2.75, 3.05) is 0 Å². The van der Waals surface area contributed by atoms with Gasteiger partial charge in [0.15, 0.2) is 17.5 Å². The molecule has 180 valence electrons. The normalized spacial score (nSPS) is 11.9. The third-order valence-electron chi connectivity index (χ3n) is 5.66. The Morgan fingerprint density at radius 1 is 0.971 bits per heavy atom. The van der Waals surface area contributed by atoms with Crippen LogP contribution in [0.4, 0.5) is 13.2 Å². The summed E-state index contributed by atoms with van der Waals surface area (Å²) in [6.07, 6.45) is -0.482. The molecule has 0 fully saturated rings. The van der Waals surface area contributed by atoms with Gasteiger partial charge in [0.25, 0.3) is 0 Å². The number of nitrogens with zero attached hydrogens (tertiary/aromatic N) is 1. The number of aromatic nitrogens is 1. The average Bonchev–Trinajstić information content (AvgIpc) is 3.21. The van der Waals surface area contributed by atoms with Gasteiger partial charge in [-0.2, -0.15) is 0 Å². The van der Waals surface area contributed by atoms with E-state index in [-0.39, 0.29) is 5.56 Å². The van der Waals surface area contributed by atoms with Gasteiger partial charge in [-0.25, -0.2) is 18.2 Å². The van der Waals surface area contributed by atoms with Crippen LogP contribution in [0, 0.1) is 31.3 Å². The molecule has 1 aromatic heterocycles. The van der Waals surface area contributed by atoms with E-state index in [4.69, 9.17) is 4.74 Å². The van der Waals surface area contributed by atoms with Gasteiger partial charge in [-0.1, -0.05) is 48.0 Å². The van der Waals surface area contributed by atoms with Crippen LogP contribution in [0.25, 0.3) is 10.6 Å². The zero-order chi connectivity index (χ0) is 25.1. The number of aryl methyl sites for hydroxylation is 2. The van der Waals surface area contributed by atoms with Gasteiger partial charge in [0.2, 0.25) is 0 Å². The molecule has 1 heterocycles. The van der Waals surface area contributed by atoms with Crippen LogP contribution in [-0.4, -0.2) is 16.1 Å². The van der Waals surface area contributed by atoms with Crippen LogP contribution < -0.4 is 4.74 Å². The number of benzene rings is 3. The fraction of sp³-hybridized carbons (Fsp3) is 0.185. The van der Waals surface area contributed by atoms with E-state index in [1.165, 1.54) is 5.56 Å². The summed E-state index contributed by atoms with van der Waals surface area (Å²) in [6.45, 7) is 4.24. The molecule has 0 amide bonds. The lowest BCUT2D eigenvalue weighted by atomic mass is 9.88. The van der Waals surface area contributed by atoms with Crippen molar-refractivity contribution >= 4 is 17.3 Å². The molecule has 0 aliphatic carbocycles. The molecule has 4 rings (SSSR count). The van der Waals surface area contributed by atoms with Crippen LogP contribution >= 0.6 is 11.3 Å². The highest BCUT2D eigenvalue weighted by Crippen LogP contribution is 2.33. The van der Waals surface area contributed by atoms with Crippen LogP contribution in [0.3, 0.4) is 0 Å². The Hall–Kier alpha value is -3.65. The highest BCUT2D eigenvalue weighted by molar-refractivity contribution is 7.15. The topological polar surface area (TPSA) is 59.4 Å². The van der Waals surface area contributed by atoms with Gasteiger partial charge in [-0.05, 0) is 43.2 Å². The number of hydrogen-bond donors (Lipinski definition) is 1. The lowest BCUT2D eigenvalue weighted by Gasteiger charge is -2.18. The fourth-order valence-corrected chi connectivity index (χ4v) is 4.70. The number of carbonyl (C=O) groups is 1. The van der Waals surface area contributed by atoms with E-state index in [2.05, 4.69) is 4.98 Å². The predicted octanol–water partition coefficient (Wildman–Crippen LogP) is 7.03. The molecule has 0 radical (unpaired) electrons. The first kappa shape index (κ1) is 24.5. The van der Waals surface area contributed by atoms with E-state index < -0.39 is 35.8 Å². The Balaban J connectivity index is 1.51. The molecule has 1 atom stereocenters. The minimum absolute atomic E-state index is 0.219. The smallest absolute Gasteiger partial charge is 0.304 e. The molecule has 0 saturated carbocycles. The zero-order valence-electron chi connectivity index (χ0n) is 19.0. The maximum atomic E-state index is 14.4. The first-order valence-electron chi connectivity index (χ1n) is 10.8. The summed E-state index contributed by atoms with van der Waals surface area (Å²) in [7, 11) is 0. The van der Waals surface area contributed by atoms with Crippen molar-refractivity contribution in [2.24, 2.45) is 0 Å². The van der Waals surface area contributed by atoms with Gasteiger partial charge in [-0.15, -0.1) is 11.3 Å². The molecule has 0 saturated heterocycles. The van der Waals surface area contributed by atoms with Crippen LogP contribution in [0.5, 0.6) is 5.75 Å². The van der Waals surface area contributed by atoms with E-state index >= 15 is 0 Å². The Labute approximate surface area is 204 Å². The van der Waals surface area contributed by atoms with E-state index in [0.29, 0.717) is 17.9 Å². The fourth-order valence-electron chi connectivity index (χ4n) is 3.72. The Morgan fingerprint density at radius 3 is 2.31 bits per heavy atom. The van der Waals surface area contributed by atoms with Gasteiger partial charge in [0.1, 0.15) is 17.4 Å². The minimum atomic E-state index is -1.62. The second-order valence-corrected chi connectivity index (χ2v) is 9.25. The molecule has 4 nitrogen and oxygen atoms in total. The van der Waals surface area contributed by atoms with Crippen LogP contribution in [-0.2, 0) is 11.4 Å². The number of hydrogen-bond acceptors (Lipinski definition) is 4. The monoisotopic (exact) mass is 497 g/mol. The largest absolute Gasteiger partial charge is 0.488 e. The highest BCUT2D eigenvalue weighted by atomic mass is 32.1. The number of aliphatic carboxylic acids is 1. The van der Waals surface area contributed by atoms with Crippen molar-refractivity contribution in [2.45, 2.75) is 32.8 Å². The standard InChI is InChI=1S/C27H22F3NO3S/c1-15-3-5-18(6-4-15)27-31-16(2)23(35-27)14-34-19-9-7-17(8-10-19)21(13-24(32)33)20-11-12-22(28)26(30)25(20)29/h3-12,21H,13-14H2,1-2H3,(H,32,33). The van der Waals surface area contributed by atoms with Crippen molar-refractivity contribution in [3.05, 3.63) is 105 Å². The van der Waals surface area contributed by atoms with E-state index in [1.54, 1.807) is 35.6 Å². The highest BCUT2D eigenvalue weighted by Gasteiger charge is 2.24. The lowest BCUT2D eigenvalue weighted by Crippen LogP contribution is -2.11. The molecular formula is C27H22F3NO3S. The molecule has 0 aliphatic heterocycles. The van der Waals surface area contributed by atoms with Crippen LogP contribution in [0.2, 0.25) is 0 Å². The first-order chi connectivity index (χ1) is 16.7. The molecule has 0 aliphatic rings. The molecule has 8 heteroatoms. The maximum absolute atomic E-state index is 14.4. The Bertz CT molecular complexity index is 1350. The molecular weight excluding hydrogens is 475 g/mol. The summed E-state index contributed by atoms with van der Waals surface area (Å²) in [5.41, 5.74) is 3.31. The van der Waals surface area contributed by atoms with Crippen molar-refractivity contribution in [3.63, 3.8) is 0 Å². The number of halogens is 3. The quantitative estimate of drug-likeness (QED) is 0.266. The summed E-state index contributed by atoms with van der Waals surface area (Å²) < 4.78 is 47.4. The second-order valence-electron chi connectivity index (χ2n) is 8.17. The van der Waals surface area contributed by atoms with Crippen molar-refractivity contribution in [1.29, 1.82) is 0 Å². The minimum Gasteiger partial charge on any atom is -0.488 e. The number of rotatable bonds is 8. The van der Waals surface area contributed by atoms with Gasteiger partial charge >= 0.3 is 5.97 Å². The van der Waals surface area contributed by atoms with Crippen molar-refractivity contribution in [3.8, 4) is 16.3 Å². The summed E-state index contributed by atoms with van der Waals surface area (Å²) in [6, 6.07) is 16.5. The maximum Gasteiger partial charge on any atom is 0.304 e. The van der Waals surface area contributed by atoms with E-state index in [0.717, 1.165) is 33.3 Å². The lowest BCUT2D eigenvalue weighted by molar-refractivity contribution is -0.137. The summed E-state index contributed by atoms with van der Waals surface area (Å²) in [5.74, 6) is -5.99. The van der Waals surface area contributed by atoms with Gasteiger partial charge in [-0.3, -0.25) is 4.79 Å². The number of thiazole rings is 1. The van der Waals surface area contributed by atoms with E-state index in [9.17, 15) is 23.1 Å². The predicted molar refractivity (Wildman–Crippen MR) is 128 cm³/mol. The second kappa shape index (κ2) is 10.3. The SMILES string of the molecule is Cc1ccc(-c2nc(C)c(COc3ccc(C(CC(=O)O)c4ccc(F)c(F)c4F)cc3)s2)cc1. The third kappa shape index (κ3) is 5.54. The Kier molecular flexibility index (Phi) is 7.21. The molecule has 1 unspecified atom stereocenters. The number of carboxylic acids is 1. The number of ether oxygens (including phenoxy) is 1. The summed E-state index contributed by atoms with van der Waals surface area (Å²) >= 11 is 1.54. The molecule has 1 N–H and O–H groups in total. The third-order valence-corrected chi connectivity index (χ3v) is 6.84. The summed E-state index contributed by atoms with van der Waals surface area (Å²) in [5, 5.41) is 10.2. The molecule has 0 bridgehead atoms. The molecule has 0 spiro atoms. The molecule has 35 heavy (non-hydrogen) atoms. The Morgan fingerprint density at radius 2 is 1.66 bits per heavy atom. The summed E-state index contributed by atoms with van der Waals surface area (Å²) in [4.78, 5) is 17.0. The molecule has 3 aromatic carbocycles. The zero-order valence-corrected chi connectivity index (χ0v) is 19.8. The average molecular weight is 498 g/mol. The van der Waals surface area contributed by atoms with Crippen LogP contribution in [0.15, 0.2) is 60.7 Å². The van der Waals surface area contributed by atoms with Gasteiger partial charge in [0, 0.05) is 11.5 Å². The number of carboxylic acid groups (broad SMARTS) is 1. The van der Waals surface area contributed by atoms with Gasteiger partial charge < -0.3 is 9.84 Å². The van der Waals surface area contributed by atoms with Crippen molar-refractivity contribution < 1.29 is 27.8 Å². The van der Waals surface area contributed by atoms with Crippen molar-refractivity contribution in [1.82, 2.24) is 4.98 Å². The van der Waals surface area contributed by atoms with E-state index in [1.807, 2.05) is 38.1 Å². The first-order valence-corrected chi connectivity index (χ1v) is 11.7. The van der Waals surface area contributed by atoms with Gasteiger partial charge in [0.05, 0.1) is 17.0 Å². The van der Waals surface area contributed by atoms with Crippen LogP contribution in [0.1, 0.15) is 39.6 Å². The molecule has 4 aromatic rings.